The van der Waals surface area contributed by atoms with Crippen LogP contribution in [0.5, 0.6) is 0 Å². The number of nitrogens with zero attached hydrogens (tertiary/aromatic N) is 1. The molecule has 14 heavy (non-hydrogen) atoms. The summed E-state index contributed by atoms with van der Waals surface area (Å²) < 4.78 is 0. The monoisotopic (exact) mass is 197 g/mol. The lowest BCUT2D eigenvalue weighted by Gasteiger charge is -2.07. The third kappa shape index (κ3) is 2.56. The first kappa shape index (κ1) is 10.7. The molecular formula is C9H15N3O2. The number of aromatic nitrogens is 1. The fourth-order valence-corrected chi connectivity index (χ4v) is 1.30. The Balaban J connectivity index is 2.61. The van der Waals surface area contributed by atoms with Gasteiger partial charge in [0.05, 0.1) is 11.1 Å². The Morgan fingerprint density at radius 3 is 2.93 bits per heavy atom. The fourth-order valence-electron chi connectivity index (χ4n) is 1.30. The highest BCUT2D eigenvalue weighted by molar-refractivity contribution is 5.31. The molecule has 5 nitrogen and oxygen atoms in total. The Morgan fingerprint density at radius 2 is 2.43 bits per heavy atom. The van der Waals surface area contributed by atoms with Crippen LogP contribution in [0, 0.1) is 10.1 Å². The van der Waals surface area contributed by atoms with Crippen molar-refractivity contribution in [2.24, 2.45) is 5.73 Å². The van der Waals surface area contributed by atoms with E-state index in [0.717, 1.165) is 25.0 Å². The van der Waals surface area contributed by atoms with Crippen molar-refractivity contribution >= 4 is 5.69 Å². The van der Waals surface area contributed by atoms with Crippen molar-refractivity contribution in [1.82, 2.24) is 4.98 Å². The topological polar surface area (TPSA) is 84.9 Å². The van der Waals surface area contributed by atoms with Gasteiger partial charge in [0.1, 0.15) is 0 Å². The SMILES string of the molecule is CCCC[C@H](N)c1cc([N+](=O)[O-])c[nH]1. The molecule has 1 aromatic heterocycles. The normalized spacial score (nSPS) is 12.7. The van der Waals surface area contributed by atoms with E-state index in [1.54, 1.807) is 0 Å². The molecule has 78 valence electrons. The predicted octanol–water partition coefficient (Wildman–Crippen LogP) is 2.11. The molecule has 1 rings (SSSR count). The van der Waals surface area contributed by atoms with E-state index in [4.69, 9.17) is 5.73 Å². The number of aromatic amines is 1. The van der Waals surface area contributed by atoms with E-state index in [1.807, 2.05) is 0 Å². The largest absolute Gasteiger partial charge is 0.358 e. The van der Waals surface area contributed by atoms with Crippen LogP contribution in [0.4, 0.5) is 5.69 Å². The van der Waals surface area contributed by atoms with Crippen LogP contribution in [-0.4, -0.2) is 9.91 Å². The zero-order valence-electron chi connectivity index (χ0n) is 8.19. The Bertz CT molecular complexity index is 309. The molecule has 0 radical (unpaired) electrons. The van der Waals surface area contributed by atoms with Gasteiger partial charge in [0.25, 0.3) is 5.69 Å². The van der Waals surface area contributed by atoms with Gasteiger partial charge in [-0.15, -0.1) is 0 Å². The number of H-pyrrole nitrogens is 1. The molecule has 1 atom stereocenters. The molecule has 1 heterocycles. The summed E-state index contributed by atoms with van der Waals surface area (Å²) in [7, 11) is 0. The number of hydrogen-bond acceptors (Lipinski definition) is 3. The van der Waals surface area contributed by atoms with Crippen molar-refractivity contribution in [3.63, 3.8) is 0 Å². The van der Waals surface area contributed by atoms with Crippen molar-refractivity contribution in [3.8, 4) is 0 Å². The number of unbranched alkanes of at least 4 members (excludes halogenated alkanes) is 1. The molecule has 0 spiro atoms. The van der Waals surface area contributed by atoms with Crippen LogP contribution in [-0.2, 0) is 0 Å². The first-order chi connectivity index (χ1) is 6.65. The van der Waals surface area contributed by atoms with Gasteiger partial charge >= 0.3 is 0 Å². The summed E-state index contributed by atoms with van der Waals surface area (Å²) in [5.74, 6) is 0. The molecule has 1 aromatic rings. The molecular weight excluding hydrogens is 182 g/mol. The van der Waals surface area contributed by atoms with E-state index in [-0.39, 0.29) is 11.7 Å². The maximum atomic E-state index is 10.4. The second-order valence-electron chi connectivity index (χ2n) is 3.32. The van der Waals surface area contributed by atoms with E-state index in [9.17, 15) is 10.1 Å². The number of hydrogen-bond donors (Lipinski definition) is 2. The molecule has 3 N–H and O–H groups in total. The molecule has 0 aliphatic heterocycles. The van der Waals surface area contributed by atoms with Crippen LogP contribution in [0.2, 0.25) is 0 Å². The molecule has 0 aromatic carbocycles. The summed E-state index contributed by atoms with van der Waals surface area (Å²) in [6.45, 7) is 2.09. The number of nitro groups is 1. The highest BCUT2D eigenvalue weighted by Gasteiger charge is 2.13. The highest BCUT2D eigenvalue weighted by Crippen LogP contribution is 2.20. The van der Waals surface area contributed by atoms with Gasteiger partial charge in [-0.05, 0) is 6.42 Å². The highest BCUT2D eigenvalue weighted by atomic mass is 16.6. The number of nitrogens with one attached hydrogen (secondary N) is 1. The lowest BCUT2D eigenvalue weighted by atomic mass is 10.1. The lowest BCUT2D eigenvalue weighted by Crippen LogP contribution is -2.10. The van der Waals surface area contributed by atoms with Gasteiger partial charge < -0.3 is 10.7 Å². The van der Waals surface area contributed by atoms with Gasteiger partial charge in [-0.25, -0.2) is 0 Å². The third-order valence-electron chi connectivity index (χ3n) is 2.17. The number of nitrogens with two attached hydrogens (primary N) is 1. The summed E-state index contributed by atoms with van der Waals surface area (Å²) in [4.78, 5) is 12.8. The van der Waals surface area contributed by atoms with Gasteiger partial charge in [0.2, 0.25) is 0 Å². The van der Waals surface area contributed by atoms with Crippen LogP contribution in [0.15, 0.2) is 12.3 Å². The van der Waals surface area contributed by atoms with Gasteiger partial charge in [0.15, 0.2) is 0 Å². The Kier molecular flexibility index (Phi) is 3.64. The second-order valence-corrected chi connectivity index (χ2v) is 3.32. The molecule has 0 fully saturated rings. The van der Waals surface area contributed by atoms with Crippen LogP contribution < -0.4 is 5.73 Å². The van der Waals surface area contributed by atoms with E-state index < -0.39 is 4.92 Å². The zero-order valence-corrected chi connectivity index (χ0v) is 8.19. The van der Waals surface area contributed by atoms with Gasteiger partial charge in [-0.3, -0.25) is 10.1 Å². The molecule has 0 saturated carbocycles. The van der Waals surface area contributed by atoms with E-state index in [1.165, 1.54) is 12.3 Å². The van der Waals surface area contributed by atoms with Crippen LogP contribution >= 0.6 is 0 Å². The standard InChI is InChI=1S/C9H15N3O2/c1-2-3-4-8(10)9-5-7(6-11-9)12(13)14/h5-6,8,11H,2-4,10H2,1H3/t8-/m0/s1. The van der Waals surface area contributed by atoms with Crippen molar-refractivity contribution < 1.29 is 4.92 Å². The van der Waals surface area contributed by atoms with Gasteiger partial charge in [-0.2, -0.15) is 0 Å². The predicted molar refractivity (Wildman–Crippen MR) is 53.9 cm³/mol. The van der Waals surface area contributed by atoms with Crippen LogP contribution in [0.1, 0.15) is 37.9 Å². The minimum Gasteiger partial charge on any atom is -0.358 e. The molecule has 0 bridgehead atoms. The zero-order chi connectivity index (χ0) is 10.6. The minimum atomic E-state index is -0.424. The second kappa shape index (κ2) is 4.76. The molecule has 0 saturated heterocycles. The first-order valence-electron chi connectivity index (χ1n) is 4.73. The molecule has 5 heteroatoms. The maximum Gasteiger partial charge on any atom is 0.287 e. The Morgan fingerprint density at radius 1 is 1.71 bits per heavy atom. The first-order valence-corrected chi connectivity index (χ1v) is 4.73. The van der Waals surface area contributed by atoms with Gasteiger partial charge in [0, 0.05) is 17.8 Å². The average molecular weight is 197 g/mol. The fraction of sp³-hybridized carbons (Fsp3) is 0.556. The van der Waals surface area contributed by atoms with Crippen molar-refractivity contribution in [2.45, 2.75) is 32.2 Å². The number of rotatable bonds is 5. The summed E-state index contributed by atoms with van der Waals surface area (Å²) in [6.07, 6.45) is 4.35. The molecule has 0 amide bonds. The summed E-state index contributed by atoms with van der Waals surface area (Å²) >= 11 is 0. The smallest absolute Gasteiger partial charge is 0.287 e. The van der Waals surface area contributed by atoms with Crippen molar-refractivity contribution in [3.05, 3.63) is 28.1 Å². The summed E-state index contributed by atoms with van der Waals surface area (Å²) in [5, 5.41) is 10.4. The van der Waals surface area contributed by atoms with E-state index in [2.05, 4.69) is 11.9 Å². The Labute approximate surface area is 82.5 Å². The quantitative estimate of drug-likeness (QED) is 0.560. The van der Waals surface area contributed by atoms with Gasteiger partial charge in [-0.1, -0.05) is 19.8 Å². The molecule has 0 unspecified atom stereocenters. The minimum absolute atomic E-state index is 0.0759. The average Bonchev–Trinajstić information content (AvgIpc) is 2.62. The maximum absolute atomic E-state index is 10.4. The van der Waals surface area contributed by atoms with E-state index in [0.29, 0.717) is 0 Å². The summed E-state index contributed by atoms with van der Waals surface area (Å²) in [6, 6.07) is 1.38. The third-order valence-corrected chi connectivity index (χ3v) is 2.17. The molecule has 0 aliphatic rings. The Hall–Kier alpha value is -1.36. The lowest BCUT2D eigenvalue weighted by molar-refractivity contribution is -0.384. The van der Waals surface area contributed by atoms with Crippen LogP contribution in [0.3, 0.4) is 0 Å². The van der Waals surface area contributed by atoms with Crippen molar-refractivity contribution in [1.29, 1.82) is 0 Å². The van der Waals surface area contributed by atoms with Crippen LogP contribution in [0.25, 0.3) is 0 Å². The van der Waals surface area contributed by atoms with Crippen molar-refractivity contribution in [2.75, 3.05) is 0 Å². The summed E-state index contributed by atoms with van der Waals surface area (Å²) in [5.41, 5.74) is 6.66. The van der Waals surface area contributed by atoms with E-state index >= 15 is 0 Å². The molecule has 0 aliphatic carbocycles.